The molecule has 0 amide bonds. The van der Waals surface area contributed by atoms with E-state index in [9.17, 15) is 5.11 Å². The highest BCUT2D eigenvalue weighted by Gasteiger charge is 2.47. The number of ether oxygens (including phenoxy) is 1. The monoisotopic (exact) mass is 323 g/mol. The highest BCUT2D eigenvalue weighted by atomic mass is 16.5. The van der Waals surface area contributed by atoms with E-state index in [0.29, 0.717) is 0 Å². The first-order chi connectivity index (χ1) is 11.5. The Balaban J connectivity index is 2.05. The third-order valence-corrected chi connectivity index (χ3v) is 4.53. The molecule has 3 heteroatoms. The van der Waals surface area contributed by atoms with Crippen molar-refractivity contribution in [1.29, 1.82) is 0 Å². The number of aliphatic hydroxyl groups is 1. The van der Waals surface area contributed by atoms with Crippen LogP contribution in [0.1, 0.15) is 33.6 Å². The maximum Gasteiger partial charge on any atom is 0.155 e. The summed E-state index contributed by atoms with van der Waals surface area (Å²) >= 11 is 0. The molecule has 3 nitrogen and oxygen atoms in total. The van der Waals surface area contributed by atoms with Gasteiger partial charge in [0.2, 0.25) is 0 Å². The van der Waals surface area contributed by atoms with Crippen molar-refractivity contribution in [3.8, 4) is 5.75 Å². The van der Waals surface area contributed by atoms with Crippen molar-refractivity contribution in [3.63, 3.8) is 0 Å². The van der Waals surface area contributed by atoms with Gasteiger partial charge in [-0.2, -0.15) is 0 Å². The van der Waals surface area contributed by atoms with Crippen molar-refractivity contribution in [3.05, 3.63) is 54.6 Å². The van der Waals surface area contributed by atoms with Gasteiger partial charge < -0.3 is 9.84 Å². The van der Waals surface area contributed by atoms with E-state index in [-0.39, 0.29) is 0 Å². The van der Waals surface area contributed by atoms with E-state index in [1.165, 1.54) is 0 Å². The lowest BCUT2D eigenvalue weighted by molar-refractivity contribution is -0.0603. The number of nitrogens with zero attached hydrogens (tertiary/aromatic N) is 1. The van der Waals surface area contributed by atoms with Crippen LogP contribution in [0.2, 0.25) is 0 Å². The highest BCUT2D eigenvalue weighted by molar-refractivity contribution is 5.88. The van der Waals surface area contributed by atoms with Crippen LogP contribution in [0.3, 0.4) is 0 Å². The van der Waals surface area contributed by atoms with Crippen LogP contribution in [-0.4, -0.2) is 28.6 Å². The van der Waals surface area contributed by atoms with Gasteiger partial charge >= 0.3 is 0 Å². The Labute approximate surface area is 143 Å². The molecule has 1 aliphatic heterocycles. The zero-order valence-electron chi connectivity index (χ0n) is 14.6. The molecule has 2 unspecified atom stereocenters. The lowest BCUT2D eigenvalue weighted by Crippen LogP contribution is -2.54. The third-order valence-electron chi connectivity index (χ3n) is 4.53. The number of aliphatic imine (C=N–C) groups is 1. The zero-order valence-corrected chi connectivity index (χ0v) is 14.6. The Hall–Kier alpha value is -2.13. The second kappa shape index (κ2) is 6.40. The first-order valence-corrected chi connectivity index (χ1v) is 8.56. The summed E-state index contributed by atoms with van der Waals surface area (Å²) in [6.45, 7) is 5.71. The maximum absolute atomic E-state index is 10.8. The van der Waals surface area contributed by atoms with Gasteiger partial charge in [0.1, 0.15) is 11.3 Å². The summed E-state index contributed by atoms with van der Waals surface area (Å²) in [6.07, 6.45) is 7.14. The average molecular weight is 323 g/mol. The molecular weight excluding hydrogens is 298 g/mol. The largest absolute Gasteiger partial charge is 0.484 e. The topological polar surface area (TPSA) is 41.8 Å². The Morgan fingerprint density at radius 2 is 1.92 bits per heavy atom. The van der Waals surface area contributed by atoms with Crippen LogP contribution < -0.4 is 4.74 Å². The molecule has 1 aliphatic rings. The summed E-state index contributed by atoms with van der Waals surface area (Å²) in [5, 5.41) is 13.0. The fourth-order valence-corrected chi connectivity index (χ4v) is 3.55. The molecule has 1 heterocycles. The van der Waals surface area contributed by atoms with Crippen LogP contribution in [0.25, 0.3) is 10.8 Å². The molecule has 0 radical (unpaired) electrons. The summed E-state index contributed by atoms with van der Waals surface area (Å²) in [6, 6.07) is 14.1. The molecule has 2 atom stereocenters. The maximum atomic E-state index is 10.8. The van der Waals surface area contributed by atoms with Gasteiger partial charge in [-0.05, 0) is 37.8 Å². The second-order valence-electron chi connectivity index (χ2n) is 7.01. The minimum atomic E-state index is -1.03. The number of fused-ring (bicyclic) bond motifs is 1. The van der Waals surface area contributed by atoms with Crippen molar-refractivity contribution < 1.29 is 9.84 Å². The van der Waals surface area contributed by atoms with Gasteiger partial charge in [-0.15, -0.1) is 0 Å². The molecule has 0 saturated carbocycles. The Morgan fingerprint density at radius 1 is 1.17 bits per heavy atom. The molecule has 24 heavy (non-hydrogen) atoms. The van der Waals surface area contributed by atoms with E-state index in [0.717, 1.165) is 29.4 Å². The first kappa shape index (κ1) is 16.7. The fourth-order valence-electron chi connectivity index (χ4n) is 3.55. The molecule has 1 N–H and O–H groups in total. The quantitative estimate of drug-likeness (QED) is 0.848. The van der Waals surface area contributed by atoms with Gasteiger partial charge in [0.25, 0.3) is 0 Å². The smallest absolute Gasteiger partial charge is 0.155 e. The Kier molecular flexibility index (Phi) is 4.46. The Bertz CT molecular complexity index is 753. The summed E-state index contributed by atoms with van der Waals surface area (Å²) in [7, 11) is 0. The molecular formula is C21H25NO2. The SMILES string of the molecule is CCCC1(C(Oc2cccc3ccccc23)C(C)(C)O)C=CC=N1. The Morgan fingerprint density at radius 3 is 2.58 bits per heavy atom. The van der Waals surface area contributed by atoms with Gasteiger partial charge in [0.05, 0.1) is 5.60 Å². The number of benzene rings is 2. The van der Waals surface area contributed by atoms with Crippen molar-refractivity contribution in [2.45, 2.75) is 50.9 Å². The van der Waals surface area contributed by atoms with E-state index in [4.69, 9.17) is 4.74 Å². The molecule has 3 rings (SSSR count). The molecule has 0 saturated heterocycles. The lowest BCUT2D eigenvalue weighted by Gasteiger charge is -2.40. The molecule has 126 valence electrons. The standard InChI is InChI=1S/C21H25NO2/c1-4-13-21(14-8-15-22-21)19(20(2,3)23)24-18-12-7-10-16-9-5-6-11-17(16)18/h5-12,14-15,19,23H,4,13H2,1-3H3. The van der Waals surface area contributed by atoms with E-state index in [2.05, 4.69) is 30.1 Å². The predicted octanol–water partition coefficient (Wildman–Crippen LogP) is 4.54. The highest BCUT2D eigenvalue weighted by Crippen LogP contribution is 2.37. The molecule has 0 spiro atoms. The predicted molar refractivity (Wildman–Crippen MR) is 99.9 cm³/mol. The van der Waals surface area contributed by atoms with Crippen LogP contribution in [0.4, 0.5) is 0 Å². The first-order valence-electron chi connectivity index (χ1n) is 8.56. The molecule has 2 aromatic carbocycles. The minimum absolute atomic E-state index is 0.467. The van der Waals surface area contributed by atoms with Crippen LogP contribution in [0.15, 0.2) is 59.6 Å². The molecule has 0 bridgehead atoms. The van der Waals surface area contributed by atoms with E-state index < -0.39 is 17.2 Å². The van der Waals surface area contributed by atoms with Crippen molar-refractivity contribution in [1.82, 2.24) is 0 Å². The lowest BCUT2D eigenvalue weighted by atomic mass is 9.80. The van der Waals surface area contributed by atoms with Crippen LogP contribution in [-0.2, 0) is 0 Å². The fraction of sp³-hybridized carbons (Fsp3) is 0.381. The van der Waals surface area contributed by atoms with Gasteiger partial charge in [-0.25, -0.2) is 0 Å². The van der Waals surface area contributed by atoms with Crippen LogP contribution in [0, 0.1) is 0 Å². The number of rotatable bonds is 6. The van der Waals surface area contributed by atoms with Crippen LogP contribution >= 0.6 is 0 Å². The number of hydrogen-bond acceptors (Lipinski definition) is 3. The number of hydrogen-bond donors (Lipinski definition) is 1. The van der Waals surface area contributed by atoms with Crippen LogP contribution in [0.5, 0.6) is 5.75 Å². The minimum Gasteiger partial charge on any atom is -0.484 e. The summed E-state index contributed by atoms with van der Waals surface area (Å²) in [5.41, 5.74) is -1.55. The number of allylic oxidation sites excluding steroid dienone is 1. The van der Waals surface area contributed by atoms with Gasteiger partial charge in [-0.1, -0.05) is 55.8 Å². The van der Waals surface area contributed by atoms with Crippen molar-refractivity contribution >= 4 is 17.0 Å². The van der Waals surface area contributed by atoms with E-state index in [1.54, 1.807) is 20.1 Å². The van der Waals surface area contributed by atoms with Gasteiger partial charge in [-0.3, -0.25) is 4.99 Å². The summed E-state index contributed by atoms with van der Waals surface area (Å²) in [5.74, 6) is 0.784. The third kappa shape index (κ3) is 3.09. The molecule has 0 fully saturated rings. The van der Waals surface area contributed by atoms with E-state index >= 15 is 0 Å². The summed E-state index contributed by atoms with van der Waals surface area (Å²) < 4.78 is 6.42. The molecule has 0 aliphatic carbocycles. The second-order valence-corrected chi connectivity index (χ2v) is 7.01. The summed E-state index contributed by atoms with van der Waals surface area (Å²) in [4.78, 5) is 4.68. The van der Waals surface area contributed by atoms with Gasteiger partial charge in [0.15, 0.2) is 6.10 Å². The van der Waals surface area contributed by atoms with Crippen molar-refractivity contribution in [2.24, 2.45) is 4.99 Å². The van der Waals surface area contributed by atoms with Gasteiger partial charge in [0, 0.05) is 11.6 Å². The average Bonchev–Trinajstić information content (AvgIpc) is 3.01. The molecule has 0 aromatic heterocycles. The molecule has 2 aromatic rings. The van der Waals surface area contributed by atoms with E-state index in [1.807, 2.05) is 36.4 Å². The van der Waals surface area contributed by atoms with Crippen molar-refractivity contribution in [2.75, 3.05) is 0 Å². The normalized spacial score (nSPS) is 21.3. The zero-order chi connectivity index (χ0) is 17.2.